The number of hydrogen-bond donors (Lipinski definition) is 2. The summed E-state index contributed by atoms with van der Waals surface area (Å²) < 4.78 is 5.08. The molecule has 1 aromatic carbocycles. The number of nitrogens with one attached hydrogen (secondary N) is 1. The molecule has 0 aliphatic heterocycles. The van der Waals surface area contributed by atoms with Crippen LogP contribution < -0.4 is 10.1 Å². The second-order valence-electron chi connectivity index (χ2n) is 2.55. The third-order valence-corrected chi connectivity index (χ3v) is 2.12. The largest absolute Gasteiger partial charge is 0.496 e. The molecule has 0 heterocycles. The van der Waals surface area contributed by atoms with Gasteiger partial charge >= 0.3 is 0 Å². The minimum Gasteiger partial charge on any atom is -0.496 e. The van der Waals surface area contributed by atoms with Crippen molar-refractivity contribution < 1.29 is 9.84 Å². The Morgan fingerprint density at radius 1 is 1.54 bits per heavy atom. The van der Waals surface area contributed by atoms with Crippen LogP contribution in [0, 0.1) is 0 Å². The summed E-state index contributed by atoms with van der Waals surface area (Å²) in [5.74, 6) is 0.635. The summed E-state index contributed by atoms with van der Waals surface area (Å²) in [7, 11) is 3.33. The highest BCUT2D eigenvalue weighted by Gasteiger charge is 2.06. The number of benzene rings is 1. The molecular formula is C9H12ClNO2. The molecule has 0 saturated heterocycles. The lowest BCUT2D eigenvalue weighted by molar-refractivity contribution is 0.274. The number of anilines is 1. The van der Waals surface area contributed by atoms with E-state index in [1.54, 1.807) is 26.3 Å². The van der Waals surface area contributed by atoms with E-state index in [9.17, 15) is 0 Å². The van der Waals surface area contributed by atoms with E-state index < -0.39 is 0 Å². The number of rotatable bonds is 3. The Hall–Kier alpha value is -0.930. The molecule has 0 unspecified atom stereocenters. The first-order valence-electron chi connectivity index (χ1n) is 3.88. The van der Waals surface area contributed by atoms with Crippen LogP contribution in [0.25, 0.3) is 0 Å². The monoisotopic (exact) mass is 201 g/mol. The Balaban J connectivity index is 3.18. The summed E-state index contributed by atoms with van der Waals surface area (Å²) in [6, 6.07) is 3.44. The predicted molar refractivity (Wildman–Crippen MR) is 53.5 cm³/mol. The van der Waals surface area contributed by atoms with Gasteiger partial charge in [-0.15, -0.1) is 0 Å². The van der Waals surface area contributed by atoms with Crippen molar-refractivity contribution in [2.24, 2.45) is 0 Å². The van der Waals surface area contributed by atoms with Gasteiger partial charge in [0.05, 0.1) is 24.4 Å². The molecule has 0 aliphatic rings. The normalized spacial score (nSPS) is 9.85. The second-order valence-corrected chi connectivity index (χ2v) is 2.96. The maximum absolute atomic E-state index is 8.98. The lowest BCUT2D eigenvalue weighted by Gasteiger charge is -2.10. The Bertz CT molecular complexity index is 302. The molecular weight excluding hydrogens is 190 g/mol. The van der Waals surface area contributed by atoms with Gasteiger partial charge in [-0.2, -0.15) is 0 Å². The van der Waals surface area contributed by atoms with E-state index in [-0.39, 0.29) is 6.61 Å². The second kappa shape index (κ2) is 4.35. The van der Waals surface area contributed by atoms with Crippen molar-refractivity contribution in [2.45, 2.75) is 6.61 Å². The first-order chi connectivity index (χ1) is 6.22. The van der Waals surface area contributed by atoms with E-state index in [2.05, 4.69) is 5.32 Å². The molecule has 3 nitrogen and oxygen atoms in total. The maximum Gasteiger partial charge on any atom is 0.126 e. The number of aliphatic hydroxyl groups excluding tert-OH is 1. The van der Waals surface area contributed by atoms with E-state index in [4.69, 9.17) is 21.4 Å². The van der Waals surface area contributed by atoms with Gasteiger partial charge in [0.2, 0.25) is 0 Å². The van der Waals surface area contributed by atoms with Gasteiger partial charge in [-0.3, -0.25) is 0 Å². The standard InChI is InChI=1S/C9H12ClNO2/c1-11-8-4-9(13-2)6(5-12)3-7(8)10/h3-4,11-12H,5H2,1-2H3. The number of hydrogen-bond acceptors (Lipinski definition) is 3. The van der Waals surface area contributed by atoms with Crippen molar-refractivity contribution in [3.8, 4) is 5.75 Å². The van der Waals surface area contributed by atoms with Crippen LogP contribution in [-0.4, -0.2) is 19.3 Å². The van der Waals surface area contributed by atoms with Crippen molar-refractivity contribution >= 4 is 17.3 Å². The summed E-state index contributed by atoms with van der Waals surface area (Å²) in [6.45, 7) is -0.0765. The average molecular weight is 202 g/mol. The van der Waals surface area contributed by atoms with Gasteiger partial charge in [0.1, 0.15) is 5.75 Å². The van der Waals surface area contributed by atoms with Crippen molar-refractivity contribution in [1.82, 2.24) is 0 Å². The SMILES string of the molecule is CNc1cc(OC)c(CO)cc1Cl. The van der Waals surface area contributed by atoms with Gasteiger partial charge in [-0.25, -0.2) is 0 Å². The molecule has 0 fully saturated rings. The first-order valence-corrected chi connectivity index (χ1v) is 4.25. The lowest BCUT2D eigenvalue weighted by atomic mass is 10.2. The third kappa shape index (κ3) is 2.05. The van der Waals surface area contributed by atoms with Crippen LogP contribution in [0.15, 0.2) is 12.1 Å². The van der Waals surface area contributed by atoms with Crippen LogP contribution in [0.4, 0.5) is 5.69 Å². The van der Waals surface area contributed by atoms with Crippen LogP contribution in [0.3, 0.4) is 0 Å². The zero-order chi connectivity index (χ0) is 9.84. The van der Waals surface area contributed by atoms with E-state index >= 15 is 0 Å². The molecule has 0 aromatic heterocycles. The Morgan fingerprint density at radius 2 is 2.23 bits per heavy atom. The van der Waals surface area contributed by atoms with Crippen LogP contribution in [0.2, 0.25) is 5.02 Å². The highest BCUT2D eigenvalue weighted by Crippen LogP contribution is 2.30. The highest BCUT2D eigenvalue weighted by atomic mass is 35.5. The lowest BCUT2D eigenvalue weighted by Crippen LogP contribution is -1.96. The molecule has 0 radical (unpaired) electrons. The molecule has 1 aromatic rings. The summed E-state index contributed by atoms with van der Waals surface area (Å²) in [4.78, 5) is 0. The van der Waals surface area contributed by atoms with Crippen molar-refractivity contribution in [2.75, 3.05) is 19.5 Å². The summed E-state index contributed by atoms with van der Waals surface area (Å²) in [5.41, 5.74) is 1.47. The van der Waals surface area contributed by atoms with Gasteiger partial charge in [-0.05, 0) is 6.07 Å². The third-order valence-electron chi connectivity index (χ3n) is 1.81. The quantitative estimate of drug-likeness (QED) is 0.785. The minimum atomic E-state index is -0.0765. The van der Waals surface area contributed by atoms with Gasteiger partial charge in [0.25, 0.3) is 0 Å². The number of aliphatic hydroxyl groups is 1. The molecule has 0 bridgehead atoms. The smallest absolute Gasteiger partial charge is 0.126 e. The van der Waals surface area contributed by atoms with Crippen molar-refractivity contribution in [1.29, 1.82) is 0 Å². The summed E-state index contributed by atoms with van der Waals surface area (Å²) >= 11 is 5.91. The number of halogens is 1. The minimum absolute atomic E-state index is 0.0765. The summed E-state index contributed by atoms with van der Waals surface area (Å²) in [6.07, 6.45) is 0. The Labute approximate surface area is 82.3 Å². The van der Waals surface area contributed by atoms with Gasteiger partial charge in [0.15, 0.2) is 0 Å². The van der Waals surface area contributed by atoms with Crippen molar-refractivity contribution in [3.05, 3.63) is 22.7 Å². The van der Waals surface area contributed by atoms with E-state index in [1.807, 2.05) is 0 Å². The van der Waals surface area contributed by atoms with E-state index in [0.29, 0.717) is 16.3 Å². The Kier molecular flexibility index (Phi) is 3.39. The molecule has 4 heteroatoms. The fraction of sp³-hybridized carbons (Fsp3) is 0.333. The zero-order valence-electron chi connectivity index (χ0n) is 7.60. The predicted octanol–water partition coefficient (Wildman–Crippen LogP) is 1.88. The van der Waals surface area contributed by atoms with Crippen molar-refractivity contribution in [3.63, 3.8) is 0 Å². The molecule has 2 N–H and O–H groups in total. The molecule has 0 atom stereocenters. The van der Waals surface area contributed by atoms with E-state index in [1.165, 1.54) is 0 Å². The molecule has 1 rings (SSSR count). The van der Waals surface area contributed by atoms with Crippen LogP contribution in [-0.2, 0) is 6.61 Å². The van der Waals surface area contributed by atoms with Crippen LogP contribution in [0.5, 0.6) is 5.75 Å². The number of methoxy groups -OCH3 is 1. The zero-order valence-corrected chi connectivity index (χ0v) is 8.35. The van der Waals surface area contributed by atoms with Gasteiger partial charge < -0.3 is 15.2 Å². The topological polar surface area (TPSA) is 41.5 Å². The fourth-order valence-electron chi connectivity index (χ4n) is 1.10. The molecule has 0 amide bonds. The van der Waals surface area contributed by atoms with E-state index in [0.717, 1.165) is 5.69 Å². The average Bonchev–Trinajstić information content (AvgIpc) is 2.17. The number of ether oxygens (including phenoxy) is 1. The van der Waals surface area contributed by atoms with Gasteiger partial charge in [-0.1, -0.05) is 11.6 Å². The fourth-order valence-corrected chi connectivity index (χ4v) is 1.38. The first kappa shape index (κ1) is 10.2. The van der Waals surface area contributed by atoms with Crippen LogP contribution in [0.1, 0.15) is 5.56 Å². The molecule has 0 saturated carbocycles. The Morgan fingerprint density at radius 3 is 2.69 bits per heavy atom. The maximum atomic E-state index is 8.98. The van der Waals surface area contributed by atoms with Gasteiger partial charge in [0, 0.05) is 18.7 Å². The summed E-state index contributed by atoms with van der Waals surface area (Å²) in [5, 5.41) is 12.5. The highest BCUT2D eigenvalue weighted by molar-refractivity contribution is 6.33. The van der Waals surface area contributed by atoms with Crippen LogP contribution >= 0.6 is 11.6 Å². The molecule has 0 spiro atoms. The molecule has 13 heavy (non-hydrogen) atoms. The molecule has 0 aliphatic carbocycles. The molecule has 72 valence electrons.